The Labute approximate surface area is 171 Å². The number of aromatic amines is 1. The molecule has 150 valence electrons. The summed E-state index contributed by atoms with van der Waals surface area (Å²) >= 11 is 0. The number of anilines is 1. The average Bonchev–Trinajstić information content (AvgIpc) is 3.46. The molecule has 1 unspecified atom stereocenters. The molecule has 1 saturated carbocycles. The van der Waals surface area contributed by atoms with Crippen LogP contribution in [0.15, 0.2) is 66.9 Å². The van der Waals surface area contributed by atoms with Crippen LogP contribution in [0.2, 0.25) is 0 Å². The SMILES string of the molecule is CC(c1cccc(C(=O)c2ccc(C3CC3)cc2)c1)S(=O)(=O)N(C)c1ccc[nH]1. The highest BCUT2D eigenvalue weighted by Crippen LogP contribution is 2.40. The minimum Gasteiger partial charge on any atom is -0.348 e. The number of hydrogen-bond acceptors (Lipinski definition) is 3. The van der Waals surface area contributed by atoms with Gasteiger partial charge in [0.1, 0.15) is 11.1 Å². The summed E-state index contributed by atoms with van der Waals surface area (Å²) in [5.74, 6) is 1.04. The average molecular weight is 409 g/mol. The maximum atomic E-state index is 13.0. The minimum atomic E-state index is -3.64. The van der Waals surface area contributed by atoms with Gasteiger partial charge in [-0.05, 0) is 55.0 Å². The molecule has 0 spiro atoms. The van der Waals surface area contributed by atoms with Crippen molar-refractivity contribution in [1.82, 2.24) is 4.98 Å². The first-order valence-corrected chi connectivity index (χ1v) is 11.2. The molecule has 1 heterocycles. The van der Waals surface area contributed by atoms with Crippen molar-refractivity contribution in [2.45, 2.75) is 30.9 Å². The summed E-state index contributed by atoms with van der Waals surface area (Å²) < 4.78 is 27.3. The Morgan fingerprint density at radius 1 is 1.03 bits per heavy atom. The fourth-order valence-corrected chi connectivity index (χ4v) is 4.84. The predicted octanol–water partition coefficient (Wildman–Crippen LogP) is 4.65. The molecule has 6 heteroatoms. The quantitative estimate of drug-likeness (QED) is 0.579. The second-order valence-corrected chi connectivity index (χ2v) is 9.85. The Kier molecular flexibility index (Phi) is 5.04. The van der Waals surface area contributed by atoms with E-state index in [9.17, 15) is 13.2 Å². The van der Waals surface area contributed by atoms with Crippen molar-refractivity contribution in [3.05, 3.63) is 89.1 Å². The van der Waals surface area contributed by atoms with Gasteiger partial charge < -0.3 is 4.98 Å². The molecule has 0 bridgehead atoms. The zero-order valence-electron chi connectivity index (χ0n) is 16.5. The third kappa shape index (κ3) is 3.85. The van der Waals surface area contributed by atoms with Crippen LogP contribution in [0.1, 0.15) is 58.0 Å². The van der Waals surface area contributed by atoms with Crippen molar-refractivity contribution in [1.29, 1.82) is 0 Å². The highest BCUT2D eigenvalue weighted by Gasteiger charge is 2.29. The van der Waals surface area contributed by atoms with Crippen molar-refractivity contribution in [2.75, 3.05) is 11.4 Å². The van der Waals surface area contributed by atoms with E-state index < -0.39 is 15.3 Å². The van der Waals surface area contributed by atoms with Crippen molar-refractivity contribution < 1.29 is 13.2 Å². The smallest absolute Gasteiger partial charge is 0.242 e. The third-order valence-corrected chi connectivity index (χ3v) is 7.72. The standard InChI is InChI=1S/C23H24N2O3S/c1-16(29(27,28)25(2)22-7-4-14-24-22)20-5-3-6-21(15-20)23(26)19-12-10-18(11-13-19)17-8-9-17/h3-7,10-17,24H,8-9H2,1-2H3. The molecule has 2 aromatic carbocycles. The van der Waals surface area contributed by atoms with Crippen LogP contribution in [0, 0.1) is 0 Å². The van der Waals surface area contributed by atoms with E-state index in [4.69, 9.17) is 0 Å². The van der Waals surface area contributed by atoms with E-state index in [1.807, 2.05) is 24.3 Å². The van der Waals surface area contributed by atoms with Gasteiger partial charge in [-0.15, -0.1) is 0 Å². The van der Waals surface area contributed by atoms with E-state index in [0.717, 1.165) is 0 Å². The van der Waals surface area contributed by atoms with E-state index in [1.165, 1.54) is 29.8 Å². The molecule has 0 saturated heterocycles. The van der Waals surface area contributed by atoms with E-state index in [0.29, 0.717) is 28.4 Å². The second-order valence-electron chi connectivity index (χ2n) is 7.56. The lowest BCUT2D eigenvalue weighted by Crippen LogP contribution is -2.30. The number of rotatable bonds is 7. The molecule has 3 aromatic rings. The van der Waals surface area contributed by atoms with E-state index in [1.54, 1.807) is 49.5 Å². The monoisotopic (exact) mass is 408 g/mol. The first kappa shape index (κ1) is 19.5. The summed E-state index contributed by atoms with van der Waals surface area (Å²) in [6.07, 6.45) is 4.12. The van der Waals surface area contributed by atoms with E-state index in [-0.39, 0.29) is 5.78 Å². The number of hydrogen-bond donors (Lipinski definition) is 1. The number of carbonyl (C=O) groups is 1. The molecule has 0 radical (unpaired) electrons. The van der Waals surface area contributed by atoms with Gasteiger partial charge in [0.2, 0.25) is 10.0 Å². The second kappa shape index (κ2) is 7.52. The summed E-state index contributed by atoms with van der Waals surface area (Å²) in [4.78, 5) is 15.8. The number of sulfonamides is 1. The summed E-state index contributed by atoms with van der Waals surface area (Å²) in [7, 11) is -2.12. The first-order valence-electron chi connectivity index (χ1n) is 9.73. The summed E-state index contributed by atoms with van der Waals surface area (Å²) in [6.45, 7) is 1.64. The molecule has 0 aliphatic heterocycles. The fourth-order valence-electron chi connectivity index (χ4n) is 3.49. The lowest BCUT2D eigenvalue weighted by Gasteiger charge is -2.23. The largest absolute Gasteiger partial charge is 0.348 e. The van der Waals surface area contributed by atoms with Crippen LogP contribution in [-0.2, 0) is 10.0 Å². The van der Waals surface area contributed by atoms with Crippen molar-refractivity contribution >= 4 is 21.6 Å². The molecule has 1 aliphatic carbocycles. The summed E-state index contributed by atoms with van der Waals surface area (Å²) in [5, 5.41) is -0.791. The molecule has 1 aliphatic rings. The van der Waals surface area contributed by atoms with Gasteiger partial charge >= 0.3 is 0 Å². The number of nitrogens with zero attached hydrogens (tertiary/aromatic N) is 1. The Morgan fingerprint density at radius 3 is 2.38 bits per heavy atom. The molecule has 1 fully saturated rings. The van der Waals surface area contributed by atoms with Crippen molar-refractivity contribution in [3.8, 4) is 0 Å². The molecule has 0 amide bonds. The normalized spacial score (nSPS) is 15.1. The number of aromatic nitrogens is 1. The van der Waals surface area contributed by atoms with Crippen LogP contribution >= 0.6 is 0 Å². The van der Waals surface area contributed by atoms with Gasteiger partial charge in [0.05, 0.1) is 0 Å². The maximum Gasteiger partial charge on any atom is 0.242 e. The van der Waals surface area contributed by atoms with Crippen LogP contribution in [0.25, 0.3) is 0 Å². The Balaban J connectivity index is 1.58. The topological polar surface area (TPSA) is 70.2 Å². The van der Waals surface area contributed by atoms with Crippen LogP contribution < -0.4 is 4.31 Å². The van der Waals surface area contributed by atoms with Crippen LogP contribution in [0.4, 0.5) is 5.82 Å². The van der Waals surface area contributed by atoms with Gasteiger partial charge in [0.25, 0.3) is 0 Å². The summed E-state index contributed by atoms with van der Waals surface area (Å²) in [5.41, 5.74) is 2.98. The van der Waals surface area contributed by atoms with Gasteiger partial charge in [-0.3, -0.25) is 9.10 Å². The fraction of sp³-hybridized carbons (Fsp3) is 0.261. The molecule has 1 N–H and O–H groups in total. The van der Waals surface area contributed by atoms with E-state index >= 15 is 0 Å². The van der Waals surface area contributed by atoms with Crippen LogP contribution in [0.5, 0.6) is 0 Å². The predicted molar refractivity (Wildman–Crippen MR) is 115 cm³/mol. The summed E-state index contributed by atoms with van der Waals surface area (Å²) in [6, 6.07) is 18.1. The van der Waals surface area contributed by atoms with Gasteiger partial charge in [0.15, 0.2) is 5.78 Å². The number of nitrogens with one attached hydrogen (secondary N) is 1. The van der Waals surface area contributed by atoms with E-state index in [2.05, 4.69) is 4.98 Å². The van der Waals surface area contributed by atoms with Gasteiger partial charge in [0, 0.05) is 24.4 Å². The molecule has 5 nitrogen and oxygen atoms in total. The molecular weight excluding hydrogens is 384 g/mol. The highest BCUT2D eigenvalue weighted by atomic mass is 32.2. The Hall–Kier alpha value is -2.86. The molecule has 4 rings (SSSR count). The van der Waals surface area contributed by atoms with Gasteiger partial charge in [-0.25, -0.2) is 8.42 Å². The number of H-pyrrole nitrogens is 1. The molecule has 1 aromatic heterocycles. The minimum absolute atomic E-state index is 0.100. The number of carbonyl (C=O) groups excluding carboxylic acids is 1. The van der Waals surface area contributed by atoms with Crippen molar-refractivity contribution in [2.24, 2.45) is 0 Å². The van der Waals surface area contributed by atoms with Crippen LogP contribution in [-0.4, -0.2) is 26.2 Å². The molecule has 29 heavy (non-hydrogen) atoms. The molecular formula is C23H24N2O3S. The van der Waals surface area contributed by atoms with Gasteiger partial charge in [-0.1, -0.05) is 42.5 Å². The maximum absolute atomic E-state index is 13.0. The number of benzene rings is 2. The Bertz CT molecular complexity index is 1120. The van der Waals surface area contributed by atoms with Crippen LogP contribution in [0.3, 0.4) is 0 Å². The third-order valence-electron chi connectivity index (χ3n) is 5.59. The van der Waals surface area contributed by atoms with Gasteiger partial charge in [-0.2, -0.15) is 0 Å². The van der Waals surface area contributed by atoms with Crippen molar-refractivity contribution in [3.63, 3.8) is 0 Å². The lowest BCUT2D eigenvalue weighted by molar-refractivity contribution is 0.103. The molecule has 1 atom stereocenters. The number of ketones is 1. The lowest BCUT2D eigenvalue weighted by atomic mass is 9.99. The zero-order valence-corrected chi connectivity index (χ0v) is 17.3. The highest BCUT2D eigenvalue weighted by molar-refractivity contribution is 7.93. The Morgan fingerprint density at radius 2 is 1.76 bits per heavy atom. The zero-order chi connectivity index (χ0) is 20.6. The first-order chi connectivity index (χ1) is 13.9.